The summed E-state index contributed by atoms with van der Waals surface area (Å²) in [5.41, 5.74) is 1.02. The Morgan fingerprint density at radius 2 is 1.61 bits per heavy atom. The van der Waals surface area contributed by atoms with Crippen LogP contribution in [0.4, 0.5) is 10.7 Å². The summed E-state index contributed by atoms with van der Waals surface area (Å²) in [6.07, 6.45) is 9.13. The number of benzene rings is 2. The van der Waals surface area contributed by atoms with Crippen LogP contribution in [0.15, 0.2) is 54.6 Å². The summed E-state index contributed by atoms with van der Waals surface area (Å²) < 4.78 is 15.4. The largest absolute Gasteiger partial charge is 0.492 e. The molecule has 0 fully saturated rings. The predicted octanol–water partition coefficient (Wildman–Crippen LogP) is 6.82. The van der Waals surface area contributed by atoms with Gasteiger partial charge >= 0.3 is 0 Å². The molecule has 0 saturated carbocycles. The number of aliphatic hydroxyl groups excluding tert-OH is 1. The number of anilines is 2. The highest BCUT2D eigenvalue weighted by molar-refractivity contribution is 7.11. The smallest absolute Gasteiger partial charge is 0.236 e. The Hall–Kier alpha value is -3.14. The number of aliphatic hydroxyl groups is 1. The monoisotopic (exact) mass is 540 g/mol. The molecule has 0 aliphatic rings. The van der Waals surface area contributed by atoms with E-state index in [0.29, 0.717) is 17.4 Å². The van der Waals surface area contributed by atoms with Crippen molar-refractivity contribution in [2.45, 2.75) is 64.4 Å². The number of para-hydroxylation sites is 1. The molecule has 38 heavy (non-hydrogen) atoms. The maximum absolute atomic E-state index is 10.2. The summed E-state index contributed by atoms with van der Waals surface area (Å²) in [5, 5.41) is 35.4. The van der Waals surface area contributed by atoms with Crippen molar-refractivity contribution in [1.29, 1.82) is 5.41 Å². The zero-order chi connectivity index (χ0) is 27.0. The number of aromatic hydroxyl groups is 1. The van der Waals surface area contributed by atoms with Gasteiger partial charge in [-0.25, -0.2) is 0 Å². The Morgan fingerprint density at radius 1 is 0.947 bits per heavy atom. The Kier molecular flexibility index (Phi) is 12.9. The van der Waals surface area contributed by atoms with E-state index in [9.17, 15) is 10.2 Å². The summed E-state index contributed by atoms with van der Waals surface area (Å²) in [5.74, 6) is 1.19. The third kappa shape index (κ3) is 10.3. The normalized spacial score (nSPS) is 11.7. The molecule has 206 valence electrons. The first-order valence-electron chi connectivity index (χ1n) is 13.4. The molecule has 0 radical (unpaired) electrons. The Bertz CT molecular complexity index is 1080. The zero-order valence-electron chi connectivity index (χ0n) is 22.1. The van der Waals surface area contributed by atoms with E-state index in [1.807, 2.05) is 54.6 Å². The number of amidine groups is 1. The van der Waals surface area contributed by atoms with Gasteiger partial charge in [-0.05, 0) is 54.4 Å². The average Bonchev–Trinajstić information content (AvgIpc) is 3.29. The van der Waals surface area contributed by atoms with Crippen molar-refractivity contribution in [3.8, 4) is 17.4 Å². The molecule has 0 spiro atoms. The molecule has 0 bridgehead atoms. The van der Waals surface area contributed by atoms with Crippen LogP contribution >= 0.6 is 11.5 Å². The lowest BCUT2D eigenvalue weighted by atomic mass is 10.1. The predicted molar refractivity (Wildman–Crippen MR) is 154 cm³/mol. The minimum Gasteiger partial charge on any atom is -0.492 e. The van der Waals surface area contributed by atoms with Gasteiger partial charge in [0.05, 0.1) is 12.7 Å². The van der Waals surface area contributed by atoms with Crippen molar-refractivity contribution in [2.24, 2.45) is 0 Å². The van der Waals surface area contributed by atoms with Gasteiger partial charge < -0.3 is 30.3 Å². The van der Waals surface area contributed by atoms with Gasteiger partial charge in [0.1, 0.15) is 27.9 Å². The van der Waals surface area contributed by atoms with Crippen molar-refractivity contribution in [2.75, 3.05) is 25.1 Å². The third-order valence-electron chi connectivity index (χ3n) is 5.98. The van der Waals surface area contributed by atoms with Gasteiger partial charge in [0.25, 0.3) is 0 Å². The van der Waals surface area contributed by atoms with Crippen molar-refractivity contribution in [1.82, 2.24) is 9.69 Å². The maximum atomic E-state index is 10.2. The Labute approximate surface area is 229 Å². The molecule has 1 aromatic heterocycles. The highest BCUT2D eigenvalue weighted by Gasteiger charge is 2.19. The van der Waals surface area contributed by atoms with Crippen molar-refractivity contribution in [3.63, 3.8) is 0 Å². The van der Waals surface area contributed by atoms with Gasteiger partial charge in [0.2, 0.25) is 5.88 Å². The van der Waals surface area contributed by atoms with Gasteiger partial charge in [0, 0.05) is 18.8 Å². The molecular weight excluding hydrogens is 500 g/mol. The van der Waals surface area contributed by atoms with Gasteiger partial charge in [0.15, 0.2) is 0 Å². The van der Waals surface area contributed by atoms with Crippen LogP contribution in [0.3, 0.4) is 0 Å². The van der Waals surface area contributed by atoms with Gasteiger partial charge in [-0.3, -0.25) is 5.41 Å². The summed E-state index contributed by atoms with van der Waals surface area (Å²) in [6, 6.07) is 16.9. The minimum absolute atomic E-state index is 0.0232. The molecule has 3 rings (SSSR count). The number of unbranched alkanes of at least 4 members (excludes halogenated alkanes) is 7. The Morgan fingerprint density at radius 3 is 2.32 bits per heavy atom. The Balaban J connectivity index is 1.37. The van der Waals surface area contributed by atoms with Crippen LogP contribution in [-0.2, 0) is 4.74 Å². The molecule has 0 aliphatic carbocycles. The van der Waals surface area contributed by atoms with Crippen LogP contribution in [0.25, 0.3) is 0 Å². The summed E-state index contributed by atoms with van der Waals surface area (Å²) in [7, 11) is 0. The van der Waals surface area contributed by atoms with E-state index in [0.717, 1.165) is 35.8 Å². The summed E-state index contributed by atoms with van der Waals surface area (Å²) in [4.78, 5) is 0. The maximum Gasteiger partial charge on any atom is 0.236 e. The molecule has 8 nitrogen and oxygen atoms in total. The number of aromatic nitrogens is 1. The number of hydrogen-bond acceptors (Lipinski definition) is 8. The lowest BCUT2D eigenvalue weighted by Crippen LogP contribution is -2.34. The van der Waals surface area contributed by atoms with Crippen LogP contribution in [0, 0.1) is 5.41 Å². The number of rotatable bonds is 18. The number of ether oxygens (including phenoxy) is 2. The molecule has 2 aromatic carbocycles. The molecule has 9 heteroatoms. The average molecular weight is 541 g/mol. The summed E-state index contributed by atoms with van der Waals surface area (Å²) >= 11 is 1.06. The van der Waals surface area contributed by atoms with Crippen LogP contribution in [0.1, 0.15) is 63.9 Å². The van der Waals surface area contributed by atoms with E-state index >= 15 is 0 Å². The second kappa shape index (κ2) is 16.7. The molecule has 1 unspecified atom stereocenters. The minimum atomic E-state index is -0.758. The van der Waals surface area contributed by atoms with Crippen molar-refractivity contribution < 1.29 is 19.7 Å². The van der Waals surface area contributed by atoms with E-state index in [-0.39, 0.29) is 30.4 Å². The molecule has 3 aromatic rings. The highest BCUT2D eigenvalue weighted by Crippen LogP contribution is 2.33. The van der Waals surface area contributed by atoms with E-state index < -0.39 is 6.10 Å². The fourth-order valence-electron chi connectivity index (χ4n) is 3.88. The van der Waals surface area contributed by atoms with E-state index in [1.54, 1.807) is 0 Å². The molecule has 1 heterocycles. The summed E-state index contributed by atoms with van der Waals surface area (Å²) in [6.45, 7) is 3.19. The standard InChI is InChI=1S/C29H40N4O4S/c1-2-3-4-5-6-7-8-12-19-36-21-23(34)20-31-27(30)26-28(35)33-38-29(26)32-22-15-17-25(18-16-22)37-24-13-10-9-11-14-24/h9-11,13-18,23,32,34H,2-8,12,19-21H2,1H3,(H2,30,31)(H,33,35). The van der Waals surface area contributed by atoms with Gasteiger partial charge in [-0.1, -0.05) is 70.1 Å². The van der Waals surface area contributed by atoms with E-state index in [4.69, 9.17) is 14.9 Å². The lowest BCUT2D eigenvalue weighted by molar-refractivity contribution is 0.0375. The number of hydrogen-bond donors (Lipinski definition) is 5. The van der Waals surface area contributed by atoms with Crippen LogP contribution in [0.2, 0.25) is 0 Å². The first-order chi connectivity index (χ1) is 18.6. The first-order valence-corrected chi connectivity index (χ1v) is 14.2. The second-order valence-corrected chi connectivity index (χ2v) is 10.0. The van der Waals surface area contributed by atoms with Crippen molar-refractivity contribution in [3.05, 3.63) is 60.2 Å². The number of nitrogens with zero attached hydrogens (tertiary/aromatic N) is 1. The topological polar surface area (TPSA) is 120 Å². The van der Waals surface area contributed by atoms with E-state index in [2.05, 4.69) is 21.9 Å². The number of nitrogens with one attached hydrogen (secondary N) is 3. The molecule has 0 amide bonds. The SMILES string of the molecule is CCCCCCCCCCOCC(O)CNC(=N)c1c(O)nsc1Nc1ccc(Oc2ccccc2)cc1. The second-order valence-electron chi connectivity index (χ2n) is 9.23. The molecule has 0 aliphatic heterocycles. The molecule has 5 N–H and O–H groups in total. The van der Waals surface area contributed by atoms with Crippen molar-refractivity contribution >= 4 is 28.1 Å². The van der Waals surface area contributed by atoms with E-state index in [1.165, 1.54) is 38.5 Å². The quantitative estimate of drug-likeness (QED) is 0.0682. The molecular formula is C29H40N4O4S. The molecule has 1 atom stereocenters. The van der Waals surface area contributed by atoms with Crippen LogP contribution in [0.5, 0.6) is 17.4 Å². The zero-order valence-corrected chi connectivity index (χ0v) is 22.9. The van der Waals surface area contributed by atoms with Crippen LogP contribution < -0.4 is 15.4 Å². The fraction of sp³-hybridized carbons (Fsp3) is 0.448. The van der Waals surface area contributed by atoms with Gasteiger partial charge in [-0.2, -0.15) is 4.37 Å². The third-order valence-corrected chi connectivity index (χ3v) is 6.74. The van der Waals surface area contributed by atoms with Crippen LogP contribution in [-0.4, -0.2) is 46.3 Å². The lowest BCUT2D eigenvalue weighted by Gasteiger charge is -2.14. The highest BCUT2D eigenvalue weighted by atomic mass is 32.1. The molecule has 0 saturated heterocycles. The fourth-order valence-corrected chi connectivity index (χ4v) is 4.60. The van der Waals surface area contributed by atoms with Gasteiger partial charge in [-0.15, -0.1) is 0 Å². The first kappa shape index (κ1) is 29.4.